The third kappa shape index (κ3) is 4.27. The number of nitrogens with one attached hydrogen (secondary N) is 2. The van der Waals surface area contributed by atoms with Gasteiger partial charge in [-0.3, -0.25) is 9.79 Å². The van der Waals surface area contributed by atoms with E-state index in [4.69, 9.17) is 4.74 Å². The van der Waals surface area contributed by atoms with Crippen LogP contribution in [0.4, 0.5) is 0 Å². The number of ether oxygens (including phenoxy) is 1. The molecule has 3 rings (SSSR count). The van der Waals surface area contributed by atoms with Crippen molar-refractivity contribution in [3.63, 3.8) is 0 Å². The largest absolute Gasteiger partial charge is 0.507 e. The number of carbonyl (C=O) groups excluding carboxylic acids is 1. The smallest absolute Gasteiger partial charge is 0.255 e. The van der Waals surface area contributed by atoms with Crippen molar-refractivity contribution < 1.29 is 14.6 Å². The van der Waals surface area contributed by atoms with Crippen LogP contribution in [0, 0.1) is 5.41 Å². The molecule has 1 unspecified atom stereocenters. The summed E-state index contributed by atoms with van der Waals surface area (Å²) in [7, 11) is 0. The van der Waals surface area contributed by atoms with Crippen molar-refractivity contribution in [3.8, 4) is 5.75 Å². The van der Waals surface area contributed by atoms with Gasteiger partial charge in [0.05, 0.1) is 18.7 Å². The molecule has 1 aromatic rings. The van der Waals surface area contributed by atoms with E-state index in [-0.39, 0.29) is 22.6 Å². The van der Waals surface area contributed by atoms with Crippen LogP contribution in [0.5, 0.6) is 5.75 Å². The van der Waals surface area contributed by atoms with Crippen molar-refractivity contribution in [2.75, 3.05) is 45.9 Å². The number of amides is 1. The van der Waals surface area contributed by atoms with Gasteiger partial charge in [-0.2, -0.15) is 0 Å². The van der Waals surface area contributed by atoms with E-state index in [2.05, 4.69) is 27.4 Å². The molecule has 1 amide bonds. The minimum atomic E-state index is -0.286. The number of hydrogen-bond donors (Lipinski definition) is 3. The van der Waals surface area contributed by atoms with Crippen molar-refractivity contribution in [1.29, 1.82) is 0 Å². The van der Waals surface area contributed by atoms with Crippen LogP contribution >= 0.6 is 0 Å². The highest BCUT2D eigenvalue weighted by molar-refractivity contribution is 5.96. The lowest BCUT2D eigenvalue weighted by molar-refractivity contribution is 0.0952. The van der Waals surface area contributed by atoms with Crippen molar-refractivity contribution in [3.05, 3.63) is 29.8 Å². The number of aliphatic imine (C=N–C) groups is 1. The fourth-order valence-electron chi connectivity index (χ4n) is 3.61. The second-order valence-electron chi connectivity index (χ2n) is 6.98. The third-order valence-corrected chi connectivity index (χ3v) is 5.07. The summed E-state index contributed by atoms with van der Waals surface area (Å²) in [6.07, 6.45) is 2.26. The zero-order valence-corrected chi connectivity index (χ0v) is 15.3. The molecule has 26 heavy (non-hydrogen) atoms. The van der Waals surface area contributed by atoms with Crippen LogP contribution in [-0.4, -0.2) is 67.8 Å². The number of guanidine groups is 1. The fraction of sp³-hybridized carbons (Fsp3) is 0.579. The molecule has 2 aliphatic rings. The van der Waals surface area contributed by atoms with E-state index >= 15 is 0 Å². The van der Waals surface area contributed by atoms with E-state index in [0.29, 0.717) is 13.1 Å². The molecule has 142 valence electrons. The van der Waals surface area contributed by atoms with Gasteiger partial charge in [0.1, 0.15) is 5.75 Å². The highest BCUT2D eigenvalue weighted by Crippen LogP contribution is 2.38. The lowest BCUT2D eigenvalue weighted by atomic mass is 9.87. The summed E-state index contributed by atoms with van der Waals surface area (Å²) in [6, 6.07) is 6.53. The average molecular weight is 360 g/mol. The van der Waals surface area contributed by atoms with Gasteiger partial charge in [0, 0.05) is 38.2 Å². The maximum atomic E-state index is 12.1. The molecule has 7 heteroatoms. The number of hydrogen-bond acceptors (Lipinski definition) is 4. The maximum Gasteiger partial charge on any atom is 0.255 e. The van der Waals surface area contributed by atoms with Gasteiger partial charge in [-0.25, -0.2) is 0 Å². The van der Waals surface area contributed by atoms with Gasteiger partial charge in [-0.15, -0.1) is 0 Å². The molecule has 0 aromatic heterocycles. The topological polar surface area (TPSA) is 86.2 Å². The molecule has 2 fully saturated rings. The van der Waals surface area contributed by atoms with Crippen LogP contribution < -0.4 is 10.6 Å². The van der Waals surface area contributed by atoms with Gasteiger partial charge >= 0.3 is 0 Å². The number of phenolic OH excluding ortho intramolecular Hbond substituents is 1. The van der Waals surface area contributed by atoms with Crippen LogP contribution in [-0.2, 0) is 4.74 Å². The first-order valence-electron chi connectivity index (χ1n) is 9.31. The molecule has 0 bridgehead atoms. The Morgan fingerprint density at radius 1 is 1.35 bits per heavy atom. The molecule has 1 atom stereocenters. The molecule has 0 saturated carbocycles. The number of aromatic hydroxyl groups is 1. The van der Waals surface area contributed by atoms with E-state index in [1.54, 1.807) is 18.2 Å². The first kappa shape index (κ1) is 18.5. The second kappa shape index (κ2) is 8.40. The normalized spacial score (nSPS) is 22.8. The van der Waals surface area contributed by atoms with E-state index in [1.165, 1.54) is 6.07 Å². The minimum absolute atomic E-state index is 0.0111. The number of para-hydroxylation sites is 1. The zero-order chi connectivity index (χ0) is 18.4. The lowest BCUT2D eigenvalue weighted by Crippen LogP contribution is -2.42. The van der Waals surface area contributed by atoms with Gasteiger partial charge < -0.3 is 25.4 Å². The summed E-state index contributed by atoms with van der Waals surface area (Å²) in [5, 5.41) is 15.9. The molecule has 1 spiro atoms. The highest BCUT2D eigenvalue weighted by Gasteiger charge is 2.42. The molecule has 1 aromatic carbocycles. The minimum Gasteiger partial charge on any atom is -0.507 e. The van der Waals surface area contributed by atoms with Crippen molar-refractivity contribution in [2.24, 2.45) is 10.4 Å². The molecule has 0 aliphatic carbocycles. The van der Waals surface area contributed by atoms with Gasteiger partial charge in [0.15, 0.2) is 5.96 Å². The number of phenols is 1. The van der Waals surface area contributed by atoms with Gasteiger partial charge in [0.2, 0.25) is 0 Å². The number of rotatable bonds is 5. The molecule has 0 radical (unpaired) electrons. The Morgan fingerprint density at radius 2 is 2.19 bits per heavy atom. The molecular weight excluding hydrogens is 332 g/mol. The number of carbonyl (C=O) groups is 1. The third-order valence-electron chi connectivity index (χ3n) is 5.07. The Kier molecular flexibility index (Phi) is 5.98. The molecule has 2 aliphatic heterocycles. The van der Waals surface area contributed by atoms with E-state index in [9.17, 15) is 9.90 Å². The molecule has 3 N–H and O–H groups in total. The first-order chi connectivity index (χ1) is 12.6. The Hall–Kier alpha value is -2.28. The summed E-state index contributed by atoms with van der Waals surface area (Å²) in [4.78, 5) is 19.0. The second-order valence-corrected chi connectivity index (χ2v) is 6.98. The standard InChI is InChI=1S/C19H28N4O3/c1-2-20-18(23-11-7-19(13-23)8-12-26-14-19)22-10-9-21-17(25)15-5-3-4-6-16(15)24/h3-6,24H,2,7-14H2,1H3,(H,20,22)(H,21,25). The van der Waals surface area contributed by atoms with E-state index in [1.807, 2.05) is 0 Å². The lowest BCUT2D eigenvalue weighted by Gasteiger charge is -2.25. The summed E-state index contributed by atoms with van der Waals surface area (Å²) in [6.45, 7) is 7.44. The molecular formula is C19H28N4O3. The summed E-state index contributed by atoms with van der Waals surface area (Å²) in [5.74, 6) is 0.600. The Balaban J connectivity index is 1.52. The quantitative estimate of drug-likeness (QED) is 0.417. The van der Waals surface area contributed by atoms with Crippen LogP contribution in [0.2, 0.25) is 0 Å². The Labute approximate surface area is 154 Å². The highest BCUT2D eigenvalue weighted by atomic mass is 16.5. The van der Waals surface area contributed by atoms with Crippen molar-refractivity contribution in [1.82, 2.24) is 15.5 Å². The van der Waals surface area contributed by atoms with Gasteiger partial charge in [-0.05, 0) is 31.9 Å². The predicted octanol–water partition coefficient (Wildman–Crippen LogP) is 1.20. The summed E-state index contributed by atoms with van der Waals surface area (Å²) < 4.78 is 5.59. The number of nitrogens with zero attached hydrogens (tertiary/aromatic N) is 2. The summed E-state index contributed by atoms with van der Waals surface area (Å²) >= 11 is 0. The maximum absolute atomic E-state index is 12.1. The van der Waals surface area contributed by atoms with Crippen LogP contribution in [0.1, 0.15) is 30.1 Å². The molecule has 7 nitrogen and oxygen atoms in total. The van der Waals surface area contributed by atoms with Crippen molar-refractivity contribution in [2.45, 2.75) is 19.8 Å². The monoisotopic (exact) mass is 360 g/mol. The zero-order valence-electron chi connectivity index (χ0n) is 15.3. The van der Waals surface area contributed by atoms with Crippen LogP contribution in [0.15, 0.2) is 29.3 Å². The SMILES string of the molecule is CCNC(=NCCNC(=O)c1ccccc1O)N1CCC2(CCOC2)C1. The predicted molar refractivity (Wildman–Crippen MR) is 100 cm³/mol. The molecule has 2 heterocycles. The van der Waals surface area contributed by atoms with Crippen LogP contribution in [0.25, 0.3) is 0 Å². The Morgan fingerprint density at radius 3 is 2.92 bits per heavy atom. The Bertz CT molecular complexity index is 656. The van der Waals surface area contributed by atoms with Crippen LogP contribution in [0.3, 0.4) is 0 Å². The van der Waals surface area contributed by atoms with Gasteiger partial charge in [0.25, 0.3) is 5.91 Å². The van der Waals surface area contributed by atoms with E-state index in [0.717, 1.165) is 51.6 Å². The van der Waals surface area contributed by atoms with Crippen molar-refractivity contribution >= 4 is 11.9 Å². The average Bonchev–Trinajstić information content (AvgIpc) is 3.28. The molecule has 2 saturated heterocycles. The number of likely N-dealkylation sites (tertiary alicyclic amines) is 1. The number of benzene rings is 1. The van der Waals surface area contributed by atoms with E-state index < -0.39 is 0 Å². The fourth-order valence-corrected chi connectivity index (χ4v) is 3.61. The summed E-state index contributed by atoms with van der Waals surface area (Å²) in [5.41, 5.74) is 0.570. The van der Waals surface area contributed by atoms with Gasteiger partial charge in [-0.1, -0.05) is 12.1 Å². The first-order valence-corrected chi connectivity index (χ1v) is 9.31.